The maximum Gasteiger partial charge on any atom is 0.156 e. The lowest BCUT2D eigenvalue weighted by atomic mass is 9.58. The molecule has 32 heavy (non-hydrogen) atoms. The van der Waals surface area contributed by atoms with Gasteiger partial charge in [-0.1, -0.05) is 53.5 Å². The molecule has 162 valence electrons. The molecule has 0 radical (unpaired) electrons. The van der Waals surface area contributed by atoms with E-state index in [0.29, 0.717) is 38.2 Å². The van der Waals surface area contributed by atoms with E-state index in [-0.39, 0.29) is 12.2 Å². The number of rotatable bonds is 5. The minimum Gasteiger partial charge on any atom is -0.497 e. The van der Waals surface area contributed by atoms with Crippen LogP contribution in [0, 0.1) is 0 Å². The molecule has 6 heteroatoms. The standard InChI is InChI=1S/C26H21Cl2NO3/c1-32-21-7-3-5-17(11-21)24-14-20(31)13-23(16-4-2-6-18(27)10-16)26(24,15-30)22-9-8-19(28)12-25(22)29/h2-12,14-15,23H,13,29H2,1H3/t23-,26+/m0/s1. The largest absolute Gasteiger partial charge is 0.497 e. The Labute approximate surface area is 196 Å². The van der Waals surface area contributed by atoms with Crippen LogP contribution >= 0.6 is 23.2 Å². The minimum absolute atomic E-state index is 0.0854. The molecule has 0 heterocycles. The highest BCUT2D eigenvalue weighted by atomic mass is 35.5. The molecule has 0 saturated carbocycles. The molecule has 1 aliphatic carbocycles. The third kappa shape index (κ3) is 3.81. The second kappa shape index (κ2) is 8.81. The Morgan fingerprint density at radius 2 is 1.78 bits per heavy atom. The second-order valence-corrected chi connectivity index (χ2v) is 8.66. The van der Waals surface area contributed by atoms with Crippen LogP contribution in [-0.2, 0) is 15.0 Å². The summed E-state index contributed by atoms with van der Waals surface area (Å²) in [5.74, 6) is 0.0169. The van der Waals surface area contributed by atoms with Crippen LogP contribution in [-0.4, -0.2) is 19.2 Å². The van der Waals surface area contributed by atoms with E-state index in [1.807, 2.05) is 36.4 Å². The molecule has 4 rings (SSSR count). The van der Waals surface area contributed by atoms with Crippen molar-refractivity contribution in [3.8, 4) is 5.75 Å². The van der Waals surface area contributed by atoms with E-state index in [2.05, 4.69) is 0 Å². The molecule has 0 amide bonds. The predicted molar refractivity (Wildman–Crippen MR) is 128 cm³/mol. The van der Waals surface area contributed by atoms with Crippen LogP contribution in [0.25, 0.3) is 5.57 Å². The molecule has 3 aromatic rings. The summed E-state index contributed by atoms with van der Waals surface area (Å²) >= 11 is 12.4. The molecule has 2 N–H and O–H groups in total. The Morgan fingerprint density at radius 3 is 2.47 bits per heavy atom. The first kappa shape index (κ1) is 22.1. The first-order chi connectivity index (χ1) is 15.4. The quantitative estimate of drug-likeness (QED) is 0.378. The van der Waals surface area contributed by atoms with Gasteiger partial charge < -0.3 is 15.3 Å². The maximum atomic E-state index is 13.1. The summed E-state index contributed by atoms with van der Waals surface area (Å²) in [5, 5.41) is 0.988. The van der Waals surface area contributed by atoms with Crippen molar-refractivity contribution < 1.29 is 14.3 Å². The summed E-state index contributed by atoms with van der Waals surface area (Å²) in [7, 11) is 1.57. The van der Waals surface area contributed by atoms with Crippen molar-refractivity contribution in [2.75, 3.05) is 12.8 Å². The highest BCUT2D eigenvalue weighted by Crippen LogP contribution is 2.53. The molecule has 3 aromatic carbocycles. The number of ether oxygens (including phenoxy) is 1. The van der Waals surface area contributed by atoms with Gasteiger partial charge in [-0.05, 0) is 64.7 Å². The molecule has 0 spiro atoms. The number of methoxy groups -OCH3 is 1. The van der Waals surface area contributed by atoms with E-state index >= 15 is 0 Å². The topological polar surface area (TPSA) is 69.4 Å². The summed E-state index contributed by atoms with van der Waals surface area (Å²) in [4.78, 5) is 26.1. The number of nitrogens with two attached hydrogens (primary N) is 1. The second-order valence-electron chi connectivity index (χ2n) is 7.79. The van der Waals surface area contributed by atoms with Crippen molar-refractivity contribution in [3.05, 3.63) is 99.5 Å². The molecule has 2 atom stereocenters. The Balaban J connectivity index is 2.06. The summed E-state index contributed by atoms with van der Waals surface area (Å²) in [6, 6.07) is 19.6. The van der Waals surface area contributed by atoms with Gasteiger partial charge in [-0.2, -0.15) is 0 Å². The molecule has 0 aromatic heterocycles. The molecule has 0 unspecified atom stereocenters. The van der Waals surface area contributed by atoms with Crippen LogP contribution in [0.5, 0.6) is 5.75 Å². The van der Waals surface area contributed by atoms with E-state index in [4.69, 9.17) is 33.7 Å². The molecule has 4 nitrogen and oxygen atoms in total. The fraction of sp³-hybridized carbons (Fsp3) is 0.154. The summed E-state index contributed by atoms with van der Waals surface area (Å²) in [6.45, 7) is 0. The van der Waals surface area contributed by atoms with Gasteiger partial charge in [0, 0.05) is 28.1 Å². The van der Waals surface area contributed by atoms with Crippen LogP contribution in [0.2, 0.25) is 10.0 Å². The lowest BCUT2D eigenvalue weighted by Gasteiger charge is -2.42. The number of ketones is 1. The van der Waals surface area contributed by atoms with Crippen molar-refractivity contribution in [1.82, 2.24) is 0 Å². The third-order valence-electron chi connectivity index (χ3n) is 5.98. The lowest BCUT2D eigenvalue weighted by molar-refractivity contribution is -0.116. The molecular formula is C26H21Cl2NO3. The number of hydrogen-bond acceptors (Lipinski definition) is 4. The molecule has 0 saturated heterocycles. The van der Waals surface area contributed by atoms with Gasteiger partial charge in [0.05, 0.1) is 12.5 Å². The van der Waals surface area contributed by atoms with Crippen LogP contribution < -0.4 is 10.5 Å². The van der Waals surface area contributed by atoms with Crippen LogP contribution in [0.3, 0.4) is 0 Å². The Kier molecular flexibility index (Phi) is 6.09. The normalized spacial score (nSPS) is 20.5. The van der Waals surface area contributed by atoms with E-state index < -0.39 is 11.3 Å². The zero-order chi connectivity index (χ0) is 22.9. The van der Waals surface area contributed by atoms with Gasteiger partial charge in [-0.25, -0.2) is 0 Å². The van der Waals surface area contributed by atoms with Crippen LogP contribution in [0.1, 0.15) is 29.0 Å². The number of nitrogen functional groups attached to an aromatic ring is 1. The number of halogens is 2. The zero-order valence-corrected chi connectivity index (χ0v) is 18.9. The summed E-state index contributed by atoms with van der Waals surface area (Å²) in [6.07, 6.45) is 2.56. The number of carbonyl (C=O) groups excluding carboxylic acids is 2. The Morgan fingerprint density at radius 1 is 1.03 bits per heavy atom. The molecule has 0 aliphatic heterocycles. The highest BCUT2D eigenvalue weighted by Gasteiger charge is 2.49. The van der Waals surface area contributed by atoms with Crippen molar-refractivity contribution in [3.63, 3.8) is 0 Å². The number of hydrogen-bond donors (Lipinski definition) is 1. The van der Waals surface area contributed by atoms with E-state index in [1.165, 1.54) is 6.08 Å². The lowest BCUT2D eigenvalue weighted by Crippen LogP contribution is -2.41. The highest BCUT2D eigenvalue weighted by molar-refractivity contribution is 6.31. The minimum atomic E-state index is -1.24. The van der Waals surface area contributed by atoms with Gasteiger partial charge in [0.2, 0.25) is 0 Å². The van der Waals surface area contributed by atoms with Gasteiger partial charge in [0.15, 0.2) is 5.78 Å². The van der Waals surface area contributed by atoms with Crippen molar-refractivity contribution in [1.29, 1.82) is 0 Å². The van der Waals surface area contributed by atoms with Gasteiger partial charge in [0.25, 0.3) is 0 Å². The van der Waals surface area contributed by atoms with E-state index in [9.17, 15) is 9.59 Å². The van der Waals surface area contributed by atoms with E-state index in [0.717, 1.165) is 11.8 Å². The number of allylic oxidation sites excluding steroid dienone is 2. The molecule has 0 fully saturated rings. The number of benzene rings is 3. The van der Waals surface area contributed by atoms with E-state index in [1.54, 1.807) is 37.4 Å². The smallest absolute Gasteiger partial charge is 0.156 e. The third-order valence-corrected chi connectivity index (χ3v) is 6.45. The first-order valence-electron chi connectivity index (χ1n) is 10.1. The predicted octanol–water partition coefficient (Wildman–Crippen LogP) is 5.86. The zero-order valence-electron chi connectivity index (χ0n) is 17.3. The fourth-order valence-electron chi connectivity index (χ4n) is 4.56. The van der Waals surface area contributed by atoms with Gasteiger partial charge in [0.1, 0.15) is 12.0 Å². The Hall–Kier alpha value is -3.08. The molecule has 0 bridgehead atoms. The van der Waals surface area contributed by atoms with Gasteiger partial charge in [-0.3, -0.25) is 4.79 Å². The maximum absolute atomic E-state index is 13.1. The average molecular weight is 466 g/mol. The van der Waals surface area contributed by atoms with Crippen LogP contribution in [0.15, 0.2) is 72.8 Å². The number of carbonyl (C=O) groups is 2. The van der Waals surface area contributed by atoms with Crippen LogP contribution in [0.4, 0.5) is 5.69 Å². The summed E-state index contributed by atoms with van der Waals surface area (Å²) in [5.41, 5.74) is 8.17. The SMILES string of the molecule is COc1cccc(C2=CC(=O)C[C@@H](c3cccc(Cl)c3)[C@@]2(C=O)c2ccc(Cl)cc2N)c1. The average Bonchev–Trinajstić information content (AvgIpc) is 2.79. The first-order valence-corrected chi connectivity index (χ1v) is 10.8. The fourth-order valence-corrected chi connectivity index (χ4v) is 4.94. The molecule has 1 aliphatic rings. The van der Waals surface area contributed by atoms with Crippen molar-refractivity contribution in [2.24, 2.45) is 0 Å². The summed E-state index contributed by atoms with van der Waals surface area (Å²) < 4.78 is 5.39. The van der Waals surface area contributed by atoms with Crippen molar-refractivity contribution in [2.45, 2.75) is 17.8 Å². The number of anilines is 1. The Bertz CT molecular complexity index is 1240. The monoisotopic (exact) mass is 465 g/mol. The van der Waals surface area contributed by atoms with Gasteiger partial charge in [-0.15, -0.1) is 0 Å². The molecular weight excluding hydrogens is 445 g/mol. The van der Waals surface area contributed by atoms with Gasteiger partial charge >= 0.3 is 0 Å². The number of aldehydes is 1. The van der Waals surface area contributed by atoms with Crippen molar-refractivity contribution >= 4 is 46.5 Å².